The normalized spacial score (nSPS) is 14.2. The molecular weight excluding hydrogens is 288 g/mol. The van der Waals surface area contributed by atoms with E-state index < -0.39 is 5.54 Å². The van der Waals surface area contributed by atoms with E-state index in [2.05, 4.69) is 25.3 Å². The lowest BCUT2D eigenvalue weighted by atomic mass is 9.94. The van der Waals surface area contributed by atoms with Crippen LogP contribution in [0.2, 0.25) is 0 Å². The summed E-state index contributed by atoms with van der Waals surface area (Å²) in [4.78, 5) is 26.9. The lowest BCUT2D eigenvalue weighted by molar-refractivity contribution is -0.123. The van der Waals surface area contributed by atoms with E-state index in [0.29, 0.717) is 5.65 Å². The molecule has 1 atom stereocenters. The zero-order valence-electron chi connectivity index (χ0n) is 12.2. The van der Waals surface area contributed by atoms with E-state index >= 15 is 0 Å². The maximum absolute atomic E-state index is 11.4. The molecule has 8 heteroatoms. The maximum atomic E-state index is 11.4. The number of unbranched alkanes of at least 4 members (excludes halogenated alkanes) is 1. The van der Waals surface area contributed by atoms with Crippen molar-refractivity contribution in [3.63, 3.8) is 0 Å². The highest BCUT2D eigenvalue weighted by Gasteiger charge is 2.27. The Hall–Kier alpha value is -1.67. The minimum atomic E-state index is -0.629. The van der Waals surface area contributed by atoms with Crippen molar-refractivity contribution >= 4 is 28.8 Å². The number of aromatic nitrogens is 4. The van der Waals surface area contributed by atoms with Gasteiger partial charge in [-0.1, -0.05) is 6.42 Å². The van der Waals surface area contributed by atoms with Crippen LogP contribution in [-0.4, -0.2) is 44.2 Å². The summed E-state index contributed by atoms with van der Waals surface area (Å²) in [6, 6.07) is 0. The van der Waals surface area contributed by atoms with Crippen LogP contribution < -0.4 is 11.1 Å². The van der Waals surface area contributed by atoms with Crippen molar-refractivity contribution in [2.45, 2.75) is 36.8 Å². The van der Waals surface area contributed by atoms with Gasteiger partial charge in [0.05, 0.1) is 11.9 Å². The first-order chi connectivity index (χ1) is 10.1. The molecule has 0 aliphatic rings. The van der Waals surface area contributed by atoms with Gasteiger partial charge in [-0.2, -0.15) is 0 Å². The molecule has 0 saturated carbocycles. The van der Waals surface area contributed by atoms with Crippen molar-refractivity contribution in [2.24, 2.45) is 5.73 Å². The molecule has 114 valence electrons. The van der Waals surface area contributed by atoms with Crippen molar-refractivity contribution in [1.29, 1.82) is 0 Å². The van der Waals surface area contributed by atoms with Crippen molar-refractivity contribution in [3.05, 3.63) is 12.7 Å². The molecule has 0 radical (unpaired) electrons. The van der Waals surface area contributed by atoms with Crippen LogP contribution in [0.1, 0.15) is 26.2 Å². The Balaban J connectivity index is 1.80. The van der Waals surface area contributed by atoms with Crippen LogP contribution in [0, 0.1) is 0 Å². The Morgan fingerprint density at radius 3 is 2.95 bits per heavy atom. The summed E-state index contributed by atoms with van der Waals surface area (Å²) in [7, 11) is 1.76. The lowest BCUT2D eigenvalue weighted by Crippen LogP contribution is -2.51. The molecule has 0 aromatic carbocycles. The third kappa shape index (κ3) is 3.70. The second-order valence-corrected chi connectivity index (χ2v) is 6.12. The van der Waals surface area contributed by atoms with E-state index in [1.165, 1.54) is 6.33 Å². The molecular formula is C13H20N6OS. The van der Waals surface area contributed by atoms with Gasteiger partial charge in [-0.15, -0.1) is 11.8 Å². The predicted molar refractivity (Wildman–Crippen MR) is 82.9 cm³/mol. The number of nitrogens with two attached hydrogens (primary N) is 1. The van der Waals surface area contributed by atoms with Crippen LogP contribution >= 0.6 is 11.8 Å². The maximum Gasteiger partial charge on any atom is 0.237 e. The summed E-state index contributed by atoms with van der Waals surface area (Å²) < 4.78 is 0. The third-order valence-corrected chi connectivity index (χ3v) is 4.67. The Bertz CT molecular complexity index is 615. The van der Waals surface area contributed by atoms with E-state index in [1.54, 1.807) is 25.1 Å². The molecule has 0 saturated heterocycles. The number of thioether (sulfide) groups is 1. The summed E-state index contributed by atoms with van der Waals surface area (Å²) in [5, 5.41) is 3.90. The summed E-state index contributed by atoms with van der Waals surface area (Å²) >= 11 is 1.66. The van der Waals surface area contributed by atoms with Gasteiger partial charge in [0, 0.05) is 0 Å². The number of hydrogen-bond acceptors (Lipinski definition) is 6. The first kappa shape index (κ1) is 15.7. The number of amides is 1. The Morgan fingerprint density at radius 1 is 1.43 bits per heavy atom. The van der Waals surface area contributed by atoms with Crippen molar-refractivity contribution in [1.82, 2.24) is 25.3 Å². The number of imidazole rings is 1. The topological polar surface area (TPSA) is 110 Å². The van der Waals surface area contributed by atoms with Gasteiger partial charge in [0.25, 0.3) is 0 Å². The Labute approximate surface area is 127 Å². The first-order valence-corrected chi connectivity index (χ1v) is 7.81. The van der Waals surface area contributed by atoms with E-state index in [9.17, 15) is 4.79 Å². The van der Waals surface area contributed by atoms with Gasteiger partial charge in [-0.3, -0.25) is 4.79 Å². The van der Waals surface area contributed by atoms with E-state index in [0.717, 1.165) is 35.6 Å². The van der Waals surface area contributed by atoms with Crippen molar-refractivity contribution in [3.8, 4) is 0 Å². The van der Waals surface area contributed by atoms with Gasteiger partial charge in [0.15, 0.2) is 5.65 Å². The van der Waals surface area contributed by atoms with Gasteiger partial charge in [-0.05, 0) is 32.6 Å². The lowest BCUT2D eigenvalue weighted by Gasteiger charge is -2.25. The molecule has 2 aromatic rings. The number of likely N-dealkylation sites (N-methyl/N-ethyl adjacent to an activating group) is 1. The third-order valence-electron chi connectivity index (χ3n) is 3.59. The fraction of sp³-hybridized carbons (Fsp3) is 0.538. The summed E-state index contributed by atoms with van der Waals surface area (Å²) in [6.45, 7) is 1.83. The van der Waals surface area contributed by atoms with Gasteiger partial charge in [0.2, 0.25) is 5.91 Å². The Kier molecular flexibility index (Phi) is 5.13. The number of nitrogens with one attached hydrogen (secondary N) is 2. The zero-order valence-corrected chi connectivity index (χ0v) is 13.0. The molecule has 21 heavy (non-hydrogen) atoms. The Morgan fingerprint density at radius 2 is 2.24 bits per heavy atom. The van der Waals surface area contributed by atoms with Gasteiger partial charge < -0.3 is 16.0 Å². The van der Waals surface area contributed by atoms with Crippen LogP contribution in [-0.2, 0) is 4.79 Å². The van der Waals surface area contributed by atoms with E-state index in [4.69, 9.17) is 5.73 Å². The monoisotopic (exact) mass is 308 g/mol. The van der Waals surface area contributed by atoms with Crippen molar-refractivity contribution in [2.75, 3.05) is 12.8 Å². The molecule has 0 fully saturated rings. The number of primary amides is 1. The number of nitrogens with zero attached hydrogens (tertiary/aromatic N) is 3. The highest BCUT2D eigenvalue weighted by Crippen LogP contribution is 2.23. The zero-order chi connectivity index (χ0) is 15.3. The van der Waals surface area contributed by atoms with E-state index in [-0.39, 0.29) is 5.91 Å². The molecule has 2 aromatic heterocycles. The second-order valence-electron chi connectivity index (χ2n) is 5.03. The molecule has 0 aliphatic heterocycles. The molecule has 0 spiro atoms. The highest BCUT2D eigenvalue weighted by molar-refractivity contribution is 7.99. The average molecular weight is 308 g/mol. The quantitative estimate of drug-likeness (QED) is 0.382. The van der Waals surface area contributed by atoms with Crippen LogP contribution in [0.3, 0.4) is 0 Å². The molecule has 0 aliphatic carbocycles. The number of carbonyl (C=O) groups excluding carboxylic acids is 1. The average Bonchev–Trinajstić information content (AvgIpc) is 2.95. The molecule has 1 unspecified atom stereocenters. The summed E-state index contributed by atoms with van der Waals surface area (Å²) in [5.74, 6) is 0.608. The van der Waals surface area contributed by atoms with Crippen LogP contribution in [0.15, 0.2) is 17.7 Å². The number of fused-ring (bicyclic) bond motifs is 1. The summed E-state index contributed by atoms with van der Waals surface area (Å²) in [5.41, 5.74) is 6.33. The molecule has 2 rings (SSSR count). The number of aromatic amines is 1. The number of carbonyl (C=O) groups is 1. The molecule has 1 amide bonds. The minimum absolute atomic E-state index is 0.312. The van der Waals surface area contributed by atoms with E-state index in [1.807, 2.05) is 6.92 Å². The number of H-pyrrole nitrogens is 1. The molecule has 7 nitrogen and oxygen atoms in total. The second kappa shape index (κ2) is 6.86. The fourth-order valence-electron chi connectivity index (χ4n) is 1.97. The van der Waals surface area contributed by atoms with Crippen LogP contribution in [0.5, 0.6) is 0 Å². The molecule has 4 N–H and O–H groups in total. The molecule has 2 heterocycles. The van der Waals surface area contributed by atoms with Crippen LogP contribution in [0.25, 0.3) is 11.2 Å². The summed E-state index contributed by atoms with van der Waals surface area (Å²) in [6.07, 6.45) is 5.77. The minimum Gasteiger partial charge on any atom is -0.368 e. The standard InChI is InChI=1S/C13H20N6OS/c1-13(15-2,12(14)20)5-3-4-6-21-11-9-10(17-7-16-9)18-8-19-11/h7-8,15H,3-6H2,1-2H3,(H2,14,20)(H,16,17,18,19). The number of hydrogen-bond donors (Lipinski definition) is 3. The molecule has 0 bridgehead atoms. The predicted octanol–water partition coefficient (Wildman–Crippen LogP) is 1.08. The van der Waals surface area contributed by atoms with Crippen LogP contribution in [0.4, 0.5) is 0 Å². The van der Waals surface area contributed by atoms with Crippen molar-refractivity contribution < 1.29 is 4.79 Å². The van der Waals surface area contributed by atoms with Gasteiger partial charge >= 0.3 is 0 Å². The number of rotatable bonds is 8. The first-order valence-electron chi connectivity index (χ1n) is 6.82. The highest BCUT2D eigenvalue weighted by atomic mass is 32.2. The van der Waals surface area contributed by atoms with Gasteiger partial charge in [0.1, 0.15) is 16.9 Å². The van der Waals surface area contributed by atoms with Gasteiger partial charge in [-0.25, -0.2) is 15.0 Å². The fourth-order valence-corrected chi connectivity index (χ4v) is 2.93. The SMILES string of the molecule is CNC(C)(CCCCSc1ncnc2nc[nH]c12)C(N)=O. The smallest absolute Gasteiger partial charge is 0.237 e. The largest absolute Gasteiger partial charge is 0.368 e.